The van der Waals surface area contributed by atoms with Gasteiger partial charge in [0, 0.05) is 29.7 Å². The minimum absolute atomic E-state index is 0.105. The smallest absolute Gasteiger partial charge is 0.410 e. The van der Waals surface area contributed by atoms with Crippen LogP contribution in [0.2, 0.25) is 5.02 Å². The summed E-state index contributed by atoms with van der Waals surface area (Å²) < 4.78 is 10.5. The van der Waals surface area contributed by atoms with E-state index in [2.05, 4.69) is 15.5 Å². The van der Waals surface area contributed by atoms with Gasteiger partial charge in [-0.1, -0.05) is 28.9 Å². The summed E-state index contributed by atoms with van der Waals surface area (Å²) in [7, 11) is 0. The molecule has 2 aromatic rings. The molecule has 134 valence electrons. The van der Waals surface area contributed by atoms with Crippen LogP contribution in [0, 0.1) is 0 Å². The number of likely N-dealkylation sites (tertiary alicyclic amines) is 1. The first kappa shape index (κ1) is 17.5. The number of aromatic nitrogens is 2. The first-order valence-corrected chi connectivity index (χ1v) is 8.71. The molecule has 0 atom stereocenters. The van der Waals surface area contributed by atoms with E-state index < -0.39 is 0 Å². The van der Waals surface area contributed by atoms with Crippen molar-refractivity contribution in [2.45, 2.75) is 38.8 Å². The summed E-state index contributed by atoms with van der Waals surface area (Å²) in [6.45, 7) is 4.97. The van der Waals surface area contributed by atoms with Crippen LogP contribution in [0.3, 0.4) is 0 Å². The topological polar surface area (TPSA) is 80.5 Å². The molecule has 2 heterocycles. The Balaban J connectivity index is 1.54. The van der Waals surface area contributed by atoms with E-state index in [1.54, 1.807) is 17.0 Å². The molecule has 1 aliphatic heterocycles. The van der Waals surface area contributed by atoms with Crippen LogP contribution in [0.4, 0.5) is 10.8 Å². The number of nitrogens with one attached hydrogen (secondary N) is 1. The highest BCUT2D eigenvalue weighted by molar-refractivity contribution is 6.30. The van der Waals surface area contributed by atoms with E-state index >= 15 is 0 Å². The van der Waals surface area contributed by atoms with Crippen LogP contribution < -0.4 is 5.32 Å². The summed E-state index contributed by atoms with van der Waals surface area (Å²) in [4.78, 5) is 18.0. The number of hydrogen-bond donors (Lipinski definition) is 1. The van der Waals surface area contributed by atoms with Gasteiger partial charge < -0.3 is 19.5 Å². The number of halogens is 1. The van der Waals surface area contributed by atoms with Crippen molar-refractivity contribution >= 4 is 23.7 Å². The summed E-state index contributed by atoms with van der Waals surface area (Å²) in [6, 6.07) is 7.85. The highest BCUT2D eigenvalue weighted by atomic mass is 35.5. The Morgan fingerprint density at radius 1 is 1.40 bits per heavy atom. The minimum Gasteiger partial charge on any atom is -0.447 e. The van der Waals surface area contributed by atoms with Crippen molar-refractivity contribution in [3.63, 3.8) is 0 Å². The summed E-state index contributed by atoms with van der Waals surface area (Å²) in [5.41, 5.74) is 0.801. The number of benzene rings is 1. The lowest BCUT2D eigenvalue weighted by Gasteiger charge is -2.31. The molecule has 0 radical (unpaired) electrons. The summed E-state index contributed by atoms with van der Waals surface area (Å²) in [5.74, 6) is 0.489. The van der Waals surface area contributed by atoms with E-state index in [4.69, 9.17) is 20.9 Å². The lowest BCUT2D eigenvalue weighted by Crippen LogP contribution is -2.43. The number of anilines is 1. The van der Waals surface area contributed by atoms with Crippen molar-refractivity contribution in [2.24, 2.45) is 0 Å². The number of hydrogen-bond acceptors (Lipinski definition) is 6. The molecule has 1 saturated heterocycles. The molecule has 1 fully saturated rings. The van der Waals surface area contributed by atoms with Crippen molar-refractivity contribution in [2.75, 3.05) is 18.4 Å². The van der Waals surface area contributed by atoms with Gasteiger partial charge >= 0.3 is 12.1 Å². The van der Waals surface area contributed by atoms with E-state index in [9.17, 15) is 4.79 Å². The predicted octanol–water partition coefficient (Wildman–Crippen LogP) is 3.81. The predicted molar refractivity (Wildman–Crippen MR) is 94.6 cm³/mol. The van der Waals surface area contributed by atoms with Crippen LogP contribution in [0.5, 0.6) is 0 Å². The van der Waals surface area contributed by atoms with Crippen molar-refractivity contribution in [1.82, 2.24) is 15.0 Å². The Bertz CT molecular complexity index is 726. The van der Waals surface area contributed by atoms with Gasteiger partial charge in [-0.2, -0.15) is 4.98 Å². The average molecular weight is 365 g/mol. The maximum Gasteiger partial charge on any atom is 0.410 e. The number of rotatable bonds is 4. The van der Waals surface area contributed by atoms with Gasteiger partial charge in [0.1, 0.15) is 0 Å². The van der Waals surface area contributed by atoms with Crippen LogP contribution in [0.1, 0.15) is 26.7 Å². The van der Waals surface area contributed by atoms with Gasteiger partial charge in [0.2, 0.25) is 5.82 Å². The molecule has 0 unspecified atom stereocenters. The van der Waals surface area contributed by atoms with Crippen LogP contribution >= 0.6 is 11.6 Å². The van der Waals surface area contributed by atoms with Gasteiger partial charge in [-0.05, 0) is 38.8 Å². The van der Waals surface area contributed by atoms with Crippen molar-refractivity contribution < 1.29 is 14.1 Å². The highest BCUT2D eigenvalue weighted by Crippen LogP contribution is 2.22. The summed E-state index contributed by atoms with van der Waals surface area (Å²) >= 11 is 5.98. The molecule has 0 aliphatic carbocycles. The molecular formula is C17H21ClN4O3. The molecule has 1 aromatic heterocycles. The first-order chi connectivity index (χ1) is 12.0. The van der Waals surface area contributed by atoms with Gasteiger partial charge in [-0.25, -0.2) is 4.79 Å². The Hall–Kier alpha value is -2.28. The zero-order valence-electron chi connectivity index (χ0n) is 14.2. The van der Waals surface area contributed by atoms with Gasteiger partial charge in [0.05, 0.1) is 6.10 Å². The average Bonchev–Trinajstić information content (AvgIpc) is 3.03. The second-order valence-corrected chi connectivity index (χ2v) is 6.71. The van der Waals surface area contributed by atoms with E-state index in [0.29, 0.717) is 30.0 Å². The van der Waals surface area contributed by atoms with Gasteiger partial charge in [0.25, 0.3) is 0 Å². The normalized spacial score (nSPS) is 15.4. The van der Waals surface area contributed by atoms with Crippen molar-refractivity contribution in [1.29, 1.82) is 0 Å². The lowest BCUT2D eigenvalue weighted by molar-refractivity contribution is 0.0700. The molecule has 1 aliphatic rings. The number of ether oxygens (including phenoxy) is 1. The number of piperidine rings is 1. The second-order valence-electron chi connectivity index (χ2n) is 6.27. The lowest BCUT2D eigenvalue weighted by atomic mass is 10.1. The van der Waals surface area contributed by atoms with E-state index in [-0.39, 0.29) is 18.2 Å². The molecule has 1 aromatic carbocycles. The summed E-state index contributed by atoms with van der Waals surface area (Å²) in [6.07, 6.45) is 1.23. The summed E-state index contributed by atoms with van der Waals surface area (Å²) in [5, 5.41) is 7.83. The SMILES string of the molecule is CC(C)OC(=O)N1CCC(Nc2nc(-c3cccc(Cl)c3)no2)CC1. The van der Waals surface area contributed by atoms with Crippen LogP contribution in [-0.4, -0.2) is 46.4 Å². The molecule has 3 rings (SSSR count). The Morgan fingerprint density at radius 3 is 2.84 bits per heavy atom. The standard InChI is InChI=1S/C17H21ClN4O3/c1-11(2)24-17(23)22-8-6-14(7-9-22)19-16-20-15(21-25-16)12-4-3-5-13(18)10-12/h3-5,10-11,14H,6-9H2,1-2H3,(H,19,20,21). The third-order valence-corrected chi connectivity index (χ3v) is 4.16. The molecule has 25 heavy (non-hydrogen) atoms. The Kier molecular flexibility index (Phi) is 5.43. The number of carbonyl (C=O) groups is 1. The van der Waals surface area contributed by atoms with E-state index in [1.807, 2.05) is 26.0 Å². The van der Waals surface area contributed by atoms with Crippen molar-refractivity contribution in [3.05, 3.63) is 29.3 Å². The largest absolute Gasteiger partial charge is 0.447 e. The minimum atomic E-state index is -0.255. The third kappa shape index (κ3) is 4.63. The quantitative estimate of drug-likeness (QED) is 0.888. The Morgan fingerprint density at radius 2 is 2.16 bits per heavy atom. The highest BCUT2D eigenvalue weighted by Gasteiger charge is 2.25. The monoisotopic (exact) mass is 364 g/mol. The molecular weight excluding hydrogens is 344 g/mol. The Labute approximate surface area is 151 Å². The molecule has 8 heteroatoms. The van der Waals surface area contributed by atoms with E-state index in [1.165, 1.54) is 0 Å². The van der Waals surface area contributed by atoms with Crippen LogP contribution in [-0.2, 0) is 4.74 Å². The number of nitrogens with zero attached hydrogens (tertiary/aromatic N) is 3. The molecule has 0 spiro atoms. The first-order valence-electron chi connectivity index (χ1n) is 8.33. The maximum absolute atomic E-state index is 11.9. The van der Waals surface area contributed by atoms with Crippen LogP contribution in [0.25, 0.3) is 11.4 Å². The molecule has 0 bridgehead atoms. The zero-order valence-corrected chi connectivity index (χ0v) is 15.0. The fourth-order valence-corrected chi connectivity index (χ4v) is 2.87. The van der Waals surface area contributed by atoms with Crippen molar-refractivity contribution in [3.8, 4) is 11.4 Å². The van der Waals surface area contributed by atoms with Gasteiger partial charge in [-0.15, -0.1) is 0 Å². The number of amides is 1. The fraction of sp³-hybridized carbons (Fsp3) is 0.471. The zero-order chi connectivity index (χ0) is 17.8. The van der Waals surface area contributed by atoms with Gasteiger partial charge in [-0.3, -0.25) is 0 Å². The van der Waals surface area contributed by atoms with Gasteiger partial charge in [0.15, 0.2) is 0 Å². The molecule has 1 amide bonds. The maximum atomic E-state index is 11.9. The molecule has 0 saturated carbocycles. The van der Waals surface area contributed by atoms with E-state index in [0.717, 1.165) is 18.4 Å². The third-order valence-electron chi connectivity index (χ3n) is 3.93. The van der Waals surface area contributed by atoms with Crippen LogP contribution in [0.15, 0.2) is 28.8 Å². The number of carbonyl (C=O) groups excluding carboxylic acids is 1. The molecule has 1 N–H and O–H groups in total. The fourth-order valence-electron chi connectivity index (χ4n) is 2.68. The molecule has 7 nitrogen and oxygen atoms in total. The second kappa shape index (κ2) is 7.74.